The molecule has 0 saturated carbocycles. The smallest absolute Gasteiger partial charge is 0.257 e. The lowest BCUT2D eigenvalue weighted by Crippen LogP contribution is -2.16. The second kappa shape index (κ2) is 5.66. The summed E-state index contributed by atoms with van der Waals surface area (Å²) in [6, 6.07) is 6.50. The summed E-state index contributed by atoms with van der Waals surface area (Å²) in [5.41, 5.74) is 5.26. The monoisotopic (exact) mass is 293 g/mol. The maximum atomic E-state index is 13.3. The van der Waals surface area contributed by atoms with Crippen molar-refractivity contribution < 1.29 is 14.0 Å². The number of amides is 2. The number of anilines is 1. The minimum absolute atomic E-state index is 0.250. The largest absolute Gasteiger partial charge is 0.366 e. The van der Waals surface area contributed by atoms with Gasteiger partial charge in [0.05, 0.1) is 11.1 Å². The van der Waals surface area contributed by atoms with Crippen LogP contribution < -0.4 is 11.1 Å². The van der Waals surface area contributed by atoms with Crippen molar-refractivity contribution in [2.24, 2.45) is 5.73 Å². The molecule has 0 saturated heterocycles. The van der Waals surface area contributed by atoms with E-state index in [0.717, 1.165) is 6.07 Å². The zero-order valence-electron chi connectivity index (χ0n) is 10.1. The summed E-state index contributed by atoms with van der Waals surface area (Å²) in [6.45, 7) is 0. The molecule has 0 spiro atoms. The average Bonchev–Trinajstić information content (AvgIpc) is 2.41. The van der Waals surface area contributed by atoms with Crippen molar-refractivity contribution in [3.8, 4) is 0 Å². The standard InChI is InChI=1S/C13H9ClFN3O2/c14-11-4-1-7(6-17-11)13(20)18-8-2-3-10(15)9(5-8)12(16)19/h1-6H,(H2,16,19)(H,18,20). The molecule has 0 fully saturated rings. The van der Waals surface area contributed by atoms with Gasteiger partial charge < -0.3 is 11.1 Å². The molecular weight excluding hydrogens is 285 g/mol. The van der Waals surface area contributed by atoms with Crippen LogP contribution in [0.2, 0.25) is 5.15 Å². The number of benzene rings is 1. The zero-order chi connectivity index (χ0) is 14.7. The number of halogens is 2. The molecule has 0 aliphatic carbocycles. The van der Waals surface area contributed by atoms with Crippen LogP contribution in [-0.4, -0.2) is 16.8 Å². The van der Waals surface area contributed by atoms with Gasteiger partial charge in [0.2, 0.25) is 0 Å². The molecule has 1 aromatic heterocycles. The third-order valence-electron chi connectivity index (χ3n) is 2.48. The Balaban J connectivity index is 2.21. The van der Waals surface area contributed by atoms with E-state index in [-0.39, 0.29) is 22.0 Å². The van der Waals surface area contributed by atoms with Gasteiger partial charge in [0.25, 0.3) is 11.8 Å². The van der Waals surface area contributed by atoms with Gasteiger partial charge in [-0.1, -0.05) is 11.6 Å². The molecule has 3 N–H and O–H groups in total. The van der Waals surface area contributed by atoms with E-state index >= 15 is 0 Å². The molecule has 0 unspecified atom stereocenters. The number of nitrogens with zero attached hydrogens (tertiary/aromatic N) is 1. The van der Waals surface area contributed by atoms with Crippen molar-refractivity contribution >= 4 is 29.1 Å². The fraction of sp³-hybridized carbons (Fsp3) is 0. The van der Waals surface area contributed by atoms with E-state index in [2.05, 4.69) is 10.3 Å². The maximum Gasteiger partial charge on any atom is 0.257 e. The van der Waals surface area contributed by atoms with Crippen molar-refractivity contribution in [1.82, 2.24) is 4.98 Å². The van der Waals surface area contributed by atoms with Gasteiger partial charge in [-0.3, -0.25) is 9.59 Å². The lowest BCUT2D eigenvalue weighted by atomic mass is 10.1. The molecule has 2 aromatic rings. The highest BCUT2D eigenvalue weighted by atomic mass is 35.5. The molecule has 20 heavy (non-hydrogen) atoms. The first-order valence-electron chi connectivity index (χ1n) is 5.49. The predicted octanol–water partition coefficient (Wildman–Crippen LogP) is 2.23. The topological polar surface area (TPSA) is 85.1 Å². The van der Waals surface area contributed by atoms with Crippen molar-refractivity contribution in [1.29, 1.82) is 0 Å². The number of pyridine rings is 1. The number of aromatic nitrogens is 1. The number of carbonyl (C=O) groups excluding carboxylic acids is 2. The number of carbonyl (C=O) groups is 2. The number of nitrogens with one attached hydrogen (secondary N) is 1. The van der Waals surface area contributed by atoms with Crippen molar-refractivity contribution in [3.63, 3.8) is 0 Å². The summed E-state index contributed by atoms with van der Waals surface area (Å²) in [7, 11) is 0. The summed E-state index contributed by atoms with van der Waals surface area (Å²) >= 11 is 5.61. The molecule has 2 amide bonds. The van der Waals surface area contributed by atoms with Crippen LogP contribution >= 0.6 is 11.6 Å². The fourth-order valence-corrected chi connectivity index (χ4v) is 1.62. The normalized spacial score (nSPS) is 10.1. The molecule has 1 heterocycles. The third-order valence-corrected chi connectivity index (χ3v) is 2.70. The Kier molecular flexibility index (Phi) is 3.95. The van der Waals surface area contributed by atoms with Crippen molar-refractivity contribution in [3.05, 3.63) is 58.6 Å². The minimum Gasteiger partial charge on any atom is -0.366 e. The molecule has 0 radical (unpaired) electrons. The van der Waals surface area contributed by atoms with Crippen LogP contribution in [0, 0.1) is 5.82 Å². The number of hydrogen-bond acceptors (Lipinski definition) is 3. The first kappa shape index (κ1) is 14.0. The molecule has 1 aromatic carbocycles. The molecule has 7 heteroatoms. The lowest BCUT2D eigenvalue weighted by molar-refractivity contribution is 0.0992. The van der Waals surface area contributed by atoms with Gasteiger partial charge in [0, 0.05) is 11.9 Å². The number of nitrogens with two attached hydrogens (primary N) is 1. The highest BCUT2D eigenvalue weighted by Crippen LogP contribution is 2.15. The Morgan fingerprint density at radius 3 is 2.60 bits per heavy atom. The lowest BCUT2D eigenvalue weighted by Gasteiger charge is -2.07. The fourth-order valence-electron chi connectivity index (χ4n) is 1.51. The van der Waals surface area contributed by atoms with E-state index in [0.29, 0.717) is 0 Å². The maximum absolute atomic E-state index is 13.3. The highest BCUT2D eigenvalue weighted by Gasteiger charge is 2.11. The van der Waals surface area contributed by atoms with Crippen LogP contribution in [0.4, 0.5) is 10.1 Å². The van der Waals surface area contributed by atoms with Gasteiger partial charge in [0.1, 0.15) is 11.0 Å². The Morgan fingerprint density at radius 1 is 1.25 bits per heavy atom. The molecule has 102 valence electrons. The molecule has 0 atom stereocenters. The quantitative estimate of drug-likeness (QED) is 0.851. The summed E-state index contributed by atoms with van der Waals surface area (Å²) in [4.78, 5) is 26.7. The van der Waals surface area contributed by atoms with E-state index in [1.54, 1.807) is 0 Å². The first-order chi connectivity index (χ1) is 9.47. The van der Waals surface area contributed by atoms with Crippen molar-refractivity contribution in [2.75, 3.05) is 5.32 Å². The highest BCUT2D eigenvalue weighted by molar-refractivity contribution is 6.29. The van der Waals surface area contributed by atoms with Gasteiger partial charge in [-0.2, -0.15) is 0 Å². The Hall–Kier alpha value is -2.47. The van der Waals surface area contributed by atoms with Crippen LogP contribution in [0.15, 0.2) is 36.5 Å². The van der Waals surface area contributed by atoms with E-state index in [1.165, 1.54) is 30.5 Å². The Morgan fingerprint density at radius 2 is 2.00 bits per heavy atom. The predicted molar refractivity (Wildman–Crippen MR) is 72.1 cm³/mol. The third kappa shape index (κ3) is 3.10. The van der Waals surface area contributed by atoms with Crippen LogP contribution in [0.3, 0.4) is 0 Å². The molecule has 2 rings (SSSR count). The van der Waals surface area contributed by atoms with Gasteiger partial charge in [-0.05, 0) is 30.3 Å². The Bertz CT molecular complexity index is 674. The molecule has 0 aliphatic heterocycles. The van der Waals surface area contributed by atoms with Gasteiger partial charge in [0.15, 0.2) is 0 Å². The SMILES string of the molecule is NC(=O)c1cc(NC(=O)c2ccc(Cl)nc2)ccc1F. The van der Waals surface area contributed by atoms with Crippen LogP contribution in [0.1, 0.15) is 20.7 Å². The molecule has 0 bridgehead atoms. The van der Waals surface area contributed by atoms with Gasteiger partial charge in [-0.15, -0.1) is 0 Å². The van der Waals surface area contributed by atoms with Crippen LogP contribution in [-0.2, 0) is 0 Å². The van der Waals surface area contributed by atoms with Gasteiger partial charge in [-0.25, -0.2) is 9.37 Å². The molecule has 5 nitrogen and oxygen atoms in total. The van der Waals surface area contributed by atoms with E-state index in [9.17, 15) is 14.0 Å². The molecular formula is C13H9ClFN3O2. The number of rotatable bonds is 3. The molecule has 0 aliphatic rings. The average molecular weight is 294 g/mol. The van der Waals surface area contributed by atoms with E-state index in [4.69, 9.17) is 17.3 Å². The van der Waals surface area contributed by atoms with Gasteiger partial charge >= 0.3 is 0 Å². The second-order valence-electron chi connectivity index (χ2n) is 3.88. The van der Waals surface area contributed by atoms with Crippen LogP contribution in [0.5, 0.6) is 0 Å². The van der Waals surface area contributed by atoms with E-state index < -0.39 is 17.6 Å². The summed E-state index contributed by atoms with van der Waals surface area (Å²) in [5.74, 6) is -2.12. The second-order valence-corrected chi connectivity index (χ2v) is 4.27. The first-order valence-corrected chi connectivity index (χ1v) is 5.87. The summed E-state index contributed by atoms with van der Waals surface area (Å²) in [5, 5.41) is 2.77. The van der Waals surface area contributed by atoms with Crippen LogP contribution in [0.25, 0.3) is 0 Å². The zero-order valence-corrected chi connectivity index (χ0v) is 10.8. The number of primary amides is 1. The minimum atomic E-state index is -0.910. The number of hydrogen-bond donors (Lipinski definition) is 2. The summed E-state index contributed by atoms with van der Waals surface area (Å²) < 4.78 is 13.3. The van der Waals surface area contributed by atoms with Crippen molar-refractivity contribution in [2.45, 2.75) is 0 Å². The Labute approximate surface area is 118 Å². The summed E-state index contributed by atoms with van der Waals surface area (Å²) in [6.07, 6.45) is 1.30. The van der Waals surface area contributed by atoms with E-state index in [1.807, 2.05) is 0 Å².